The molecule has 1 atom stereocenters. The molecule has 1 saturated heterocycles. The van der Waals surface area contributed by atoms with E-state index in [1.165, 1.54) is 17.2 Å². The number of nitrogens with zero attached hydrogens (tertiary/aromatic N) is 3. The summed E-state index contributed by atoms with van der Waals surface area (Å²) in [4.78, 5) is 26.8. The molecule has 3 aromatic rings. The lowest BCUT2D eigenvalue weighted by atomic mass is 9.96. The van der Waals surface area contributed by atoms with Gasteiger partial charge in [0.15, 0.2) is 0 Å². The number of hydrogen-bond acceptors (Lipinski definition) is 6. The number of carbonyl (C=O) groups is 2. The maximum atomic E-state index is 11.2. The highest BCUT2D eigenvalue weighted by Gasteiger charge is 2.26. The monoisotopic (exact) mass is 602 g/mol. The summed E-state index contributed by atoms with van der Waals surface area (Å²) >= 11 is 6.16. The van der Waals surface area contributed by atoms with E-state index in [1.807, 2.05) is 18.2 Å². The van der Waals surface area contributed by atoms with Gasteiger partial charge in [-0.25, -0.2) is 20.4 Å². The Balaban J connectivity index is 1.34. The lowest BCUT2D eigenvalue weighted by molar-refractivity contribution is -0.131. The molecule has 0 bridgehead atoms. The molecule has 4 rings (SSSR count). The van der Waals surface area contributed by atoms with Crippen molar-refractivity contribution < 1.29 is 24.5 Å². The van der Waals surface area contributed by atoms with Crippen LogP contribution in [-0.2, 0) is 4.79 Å². The van der Waals surface area contributed by atoms with Gasteiger partial charge in [0.1, 0.15) is 12.4 Å². The van der Waals surface area contributed by atoms with E-state index in [-0.39, 0.29) is 19.0 Å². The summed E-state index contributed by atoms with van der Waals surface area (Å²) in [6.45, 7) is 4.84. The van der Waals surface area contributed by atoms with E-state index in [2.05, 4.69) is 58.0 Å². The molecule has 3 aromatic carbocycles. The van der Waals surface area contributed by atoms with Gasteiger partial charge in [0, 0.05) is 61.4 Å². The van der Waals surface area contributed by atoms with Crippen LogP contribution < -0.4 is 10.6 Å². The molecule has 1 fully saturated rings. The highest BCUT2D eigenvalue weighted by molar-refractivity contribution is 6.30. The SMILES string of the molecule is NN(CCC#Cc1ccc(OCCN2CCN([C@H](c3ccccc3)c3ccc(Cl)cc3)CC2)c(C=CC(=O)O)c1)C(=O)O. The Bertz CT molecular complexity index is 1460. The number of rotatable bonds is 11. The Morgan fingerprint density at radius 1 is 1.00 bits per heavy atom. The van der Waals surface area contributed by atoms with Crippen molar-refractivity contribution in [3.05, 3.63) is 106 Å². The second-order valence-corrected chi connectivity index (χ2v) is 10.5. The summed E-state index contributed by atoms with van der Waals surface area (Å²) in [7, 11) is 0. The molecule has 1 aliphatic heterocycles. The lowest BCUT2D eigenvalue weighted by Gasteiger charge is -2.39. The van der Waals surface area contributed by atoms with Gasteiger partial charge in [0.2, 0.25) is 0 Å². The molecule has 4 N–H and O–H groups in total. The summed E-state index contributed by atoms with van der Waals surface area (Å²) in [5.41, 5.74) is 3.71. The minimum Gasteiger partial charge on any atom is -0.492 e. The van der Waals surface area contributed by atoms with Gasteiger partial charge in [0.05, 0.1) is 12.6 Å². The summed E-state index contributed by atoms with van der Waals surface area (Å²) in [6, 6.07) is 24.0. The zero-order valence-electron chi connectivity index (χ0n) is 23.7. The number of amides is 1. The standard InChI is InChI=1S/C33H35ClN4O5/c34-29-13-10-27(11-14-29)32(26-7-2-1-3-8-26)37-20-18-36(19-21-37)22-23-43-30-15-9-25(24-28(30)12-16-31(39)40)6-4-5-17-38(35)33(41)42/h1-3,7-16,24,32H,5,17-23,35H2,(H,39,40)(H,41,42)/t32-/m1/s1. The van der Waals surface area contributed by atoms with Crippen LogP contribution in [0.4, 0.5) is 4.79 Å². The zero-order chi connectivity index (χ0) is 30.6. The number of hydrazine groups is 1. The Morgan fingerprint density at radius 2 is 1.70 bits per heavy atom. The van der Waals surface area contributed by atoms with Crippen molar-refractivity contribution in [2.45, 2.75) is 12.5 Å². The fraction of sp³-hybridized carbons (Fsp3) is 0.273. The third-order valence-electron chi connectivity index (χ3n) is 7.11. The van der Waals surface area contributed by atoms with Crippen molar-refractivity contribution in [1.29, 1.82) is 0 Å². The van der Waals surface area contributed by atoms with Crippen molar-refractivity contribution in [2.24, 2.45) is 5.84 Å². The van der Waals surface area contributed by atoms with Gasteiger partial charge in [-0.05, 0) is 47.5 Å². The van der Waals surface area contributed by atoms with Crippen molar-refractivity contribution >= 4 is 29.7 Å². The predicted molar refractivity (Wildman–Crippen MR) is 167 cm³/mol. The van der Waals surface area contributed by atoms with Crippen molar-refractivity contribution in [2.75, 3.05) is 45.9 Å². The van der Waals surface area contributed by atoms with Gasteiger partial charge in [0.25, 0.3) is 0 Å². The van der Waals surface area contributed by atoms with E-state index < -0.39 is 12.1 Å². The number of ether oxygens (including phenoxy) is 1. The van der Waals surface area contributed by atoms with Crippen LogP contribution in [-0.4, -0.2) is 83.0 Å². The Labute approximate surface area is 256 Å². The number of benzene rings is 3. The molecule has 0 aromatic heterocycles. The molecule has 43 heavy (non-hydrogen) atoms. The Morgan fingerprint density at radius 3 is 2.37 bits per heavy atom. The summed E-state index contributed by atoms with van der Waals surface area (Å²) in [6.07, 6.45) is 1.58. The molecule has 0 spiro atoms. The van der Waals surface area contributed by atoms with Gasteiger partial charge in [-0.15, -0.1) is 0 Å². The minimum atomic E-state index is -1.22. The molecule has 1 amide bonds. The van der Waals surface area contributed by atoms with Gasteiger partial charge in [-0.1, -0.05) is 65.9 Å². The zero-order valence-corrected chi connectivity index (χ0v) is 24.5. The van der Waals surface area contributed by atoms with Crippen LogP contribution >= 0.6 is 11.6 Å². The number of hydrogen-bond donors (Lipinski definition) is 3. The minimum absolute atomic E-state index is 0.0810. The summed E-state index contributed by atoms with van der Waals surface area (Å²) in [5, 5.41) is 19.4. The van der Waals surface area contributed by atoms with E-state index >= 15 is 0 Å². The highest BCUT2D eigenvalue weighted by Crippen LogP contribution is 2.30. The number of carboxylic acid groups (broad SMARTS) is 2. The van der Waals surface area contributed by atoms with Crippen LogP contribution in [0.3, 0.4) is 0 Å². The third kappa shape index (κ3) is 9.60. The van der Waals surface area contributed by atoms with E-state index in [0.29, 0.717) is 28.5 Å². The molecule has 224 valence electrons. The number of nitrogens with two attached hydrogens (primary N) is 1. The molecular formula is C33H35ClN4O5. The van der Waals surface area contributed by atoms with Crippen LogP contribution in [0.1, 0.15) is 34.7 Å². The van der Waals surface area contributed by atoms with Crippen LogP contribution in [0.5, 0.6) is 5.75 Å². The smallest absolute Gasteiger partial charge is 0.421 e. The van der Waals surface area contributed by atoms with Crippen molar-refractivity contribution in [3.8, 4) is 17.6 Å². The first-order chi connectivity index (χ1) is 20.8. The summed E-state index contributed by atoms with van der Waals surface area (Å²) < 4.78 is 6.09. The Hall–Kier alpha value is -4.33. The van der Waals surface area contributed by atoms with E-state index in [9.17, 15) is 9.59 Å². The second kappa shape index (κ2) is 15.8. The van der Waals surface area contributed by atoms with Gasteiger partial charge in [-0.3, -0.25) is 9.80 Å². The first-order valence-electron chi connectivity index (χ1n) is 14.0. The number of halogens is 1. The van der Waals surface area contributed by atoms with Crippen LogP contribution in [0.15, 0.2) is 78.9 Å². The fourth-order valence-corrected chi connectivity index (χ4v) is 5.04. The molecule has 0 aliphatic carbocycles. The molecule has 1 heterocycles. The molecule has 0 radical (unpaired) electrons. The van der Waals surface area contributed by atoms with E-state index in [4.69, 9.17) is 32.4 Å². The van der Waals surface area contributed by atoms with Crippen LogP contribution in [0.2, 0.25) is 5.02 Å². The van der Waals surface area contributed by atoms with Gasteiger partial charge >= 0.3 is 12.1 Å². The van der Waals surface area contributed by atoms with Crippen LogP contribution in [0.25, 0.3) is 6.08 Å². The lowest BCUT2D eigenvalue weighted by Crippen LogP contribution is -2.48. The predicted octanol–water partition coefficient (Wildman–Crippen LogP) is 4.82. The molecular weight excluding hydrogens is 568 g/mol. The normalized spacial score (nSPS) is 14.6. The first kappa shape index (κ1) is 31.6. The second-order valence-electron chi connectivity index (χ2n) is 10.0. The molecule has 10 heteroatoms. The van der Waals surface area contributed by atoms with Crippen molar-refractivity contribution in [3.63, 3.8) is 0 Å². The average molecular weight is 603 g/mol. The van der Waals surface area contributed by atoms with E-state index in [0.717, 1.165) is 43.8 Å². The Kier molecular flexibility index (Phi) is 11.6. The first-order valence-corrected chi connectivity index (χ1v) is 14.4. The third-order valence-corrected chi connectivity index (χ3v) is 7.36. The van der Waals surface area contributed by atoms with Crippen molar-refractivity contribution in [1.82, 2.24) is 14.8 Å². The summed E-state index contributed by atoms with van der Waals surface area (Å²) in [5.74, 6) is 10.7. The quantitative estimate of drug-likeness (QED) is 0.0940. The molecule has 1 aliphatic rings. The largest absolute Gasteiger partial charge is 0.492 e. The fourth-order valence-electron chi connectivity index (χ4n) is 4.91. The molecule has 9 nitrogen and oxygen atoms in total. The maximum Gasteiger partial charge on any atom is 0.421 e. The van der Waals surface area contributed by atoms with E-state index in [1.54, 1.807) is 18.2 Å². The molecule has 0 unspecified atom stereocenters. The number of piperazine rings is 1. The average Bonchev–Trinajstić information content (AvgIpc) is 3.01. The topological polar surface area (TPSA) is 120 Å². The number of aliphatic carboxylic acids is 1. The molecule has 0 saturated carbocycles. The number of carboxylic acids is 1. The van der Waals surface area contributed by atoms with Gasteiger partial charge < -0.3 is 14.9 Å². The highest BCUT2D eigenvalue weighted by atomic mass is 35.5. The maximum absolute atomic E-state index is 11.2. The van der Waals surface area contributed by atoms with Gasteiger partial charge in [-0.2, -0.15) is 0 Å². The van der Waals surface area contributed by atoms with Crippen LogP contribution in [0, 0.1) is 11.8 Å².